The molecule has 1 aliphatic rings. The number of aldehydes is 1. The molecule has 0 fully saturated rings. The van der Waals surface area contributed by atoms with E-state index >= 15 is 0 Å². The minimum atomic E-state index is -0.0230. The summed E-state index contributed by atoms with van der Waals surface area (Å²) in [7, 11) is 0. The summed E-state index contributed by atoms with van der Waals surface area (Å²) in [5, 5.41) is 2.69. The zero-order chi connectivity index (χ0) is 8.55. The van der Waals surface area contributed by atoms with Gasteiger partial charge in [-0.15, -0.1) is 0 Å². The van der Waals surface area contributed by atoms with Crippen LogP contribution in [0.1, 0.15) is 21.6 Å². The molecule has 0 saturated carbocycles. The van der Waals surface area contributed by atoms with Gasteiger partial charge in [0.1, 0.15) is 0 Å². The third kappa shape index (κ3) is 0.922. The molecule has 1 amide bonds. The van der Waals surface area contributed by atoms with Gasteiger partial charge in [0.15, 0.2) is 6.29 Å². The molecular formula is C8H8N2O2. The summed E-state index contributed by atoms with van der Waals surface area (Å²) in [6.45, 7) is 0.502. The highest BCUT2D eigenvalue weighted by Crippen LogP contribution is 2.16. The second-order valence-electron chi connectivity index (χ2n) is 2.77. The Balaban J connectivity index is 2.46. The van der Waals surface area contributed by atoms with Gasteiger partial charge in [-0.25, -0.2) is 0 Å². The molecule has 0 unspecified atom stereocenters. The van der Waals surface area contributed by atoms with Crippen LogP contribution in [0, 0.1) is 0 Å². The van der Waals surface area contributed by atoms with Gasteiger partial charge in [-0.3, -0.25) is 9.59 Å². The van der Waals surface area contributed by atoms with Crippen molar-refractivity contribution in [2.45, 2.75) is 13.0 Å². The zero-order valence-electron chi connectivity index (χ0n) is 6.39. The molecular weight excluding hydrogens is 156 g/mol. The summed E-state index contributed by atoms with van der Waals surface area (Å²) in [6, 6.07) is 0. The van der Waals surface area contributed by atoms with Crippen molar-refractivity contribution in [3.05, 3.63) is 23.0 Å². The third-order valence-corrected chi connectivity index (χ3v) is 2.04. The normalized spacial score (nSPS) is 15.2. The third-order valence-electron chi connectivity index (χ3n) is 2.04. The van der Waals surface area contributed by atoms with Crippen LogP contribution < -0.4 is 5.32 Å². The Kier molecular flexibility index (Phi) is 1.46. The summed E-state index contributed by atoms with van der Waals surface area (Å²) >= 11 is 0. The van der Waals surface area contributed by atoms with Gasteiger partial charge in [-0.05, 0) is 5.56 Å². The summed E-state index contributed by atoms with van der Waals surface area (Å²) in [6.07, 6.45) is 2.72. The van der Waals surface area contributed by atoms with Gasteiger partial charge in [0.05, 0.1) is 13.0 Å². The number of rotatable bonds is 1. The van der Waals surface area contributed by atoms with Crippen LogP contribution in [0.5, 0.6) is 0 Å². The van der Waals surface area contributed by atoms with E-state index in [2.05, 4.69) is 10.3 Å². The smallest absolute Gasteiger partial charge is 0.224 e. The Hall–Kier alpha value is -1.58. The molecule has 2 rings (SSSR count). The van der Waals surface area contributed by atoms with Crippen molar-refractivity contribution in [1.82, 2.24) is 10.3 Å². The molecule has 2 heterocycles. The average Bonchev–Trinajstić information content (AvgIpc) is 2.46. The van der Waals surface area contributed by atoms with E-state index < -0.39 is 0 Å². The van der Waals surface area contributed by atoms with Crippen LogP contribution >= 0.6 is 0 Å². The fourth-order valence-electron chi connectivity index (χ4n) is 1.39. The van der Waals surface area contributed by atoms with Crippen LogP contribution in [-0.2, 0) is 17.8 Å². The fourth-order valence-corrected chi connectivity index (χ4v) is 1.39. The van der Waals surface area contributed by atoms with Crippen molar-refractivity contribution in [2.75, 3.05) is 0 Å². The van der Waals surface area contributed by atoms with Crippen molar-refractivity contribution in [2.24, 2.45) is 0 Å². The number of H-pyrrole nitrogens is 1. The molecule has 1 aromatic heterocycles. The number of hydrogen-bond donors (Lipinski definition) is 2. The minimum absolute atomic E-state index is 0.0230. The second kappa shape index (κ2) is 2.48. The molecule has 1 aliphatic heterocycles. The predicted molar refractivity (Wildman–Crippen MR) is 41.7 cm³/mol. The largest absolute Gasteiger partial charge is 0.363 e. The van der Waals surface area contributed by atoms with Crippen LogP contribution in [-0.4, -0.2) is 17.2 Å². The Labute approximate surface area is 69.0 Å². The molecule has 1 aromatic rings. The lowest BCUT2D eigenvalue weighted by atomic mass is 10.0. The molecule has 2 N–H and O–H groups in total. The summed E-state index contributed by atoms with van der Waals surface area (Å²) in [5.74, 6) is -0.0230. The average molecular weight is 164 g/mol. The maximum absolute atomic E-state index is 11.0. The van der Waals surface area contributed by atoms with E-state index in [4.69, 9.17) is 0 Å². The van der Waals surface area contributed by atoms with Crippen LogP contribution in [0.15, 0.2) is 6.20 Å². The van der Waals surface area contributed by atoms with Gasteiger partial charge in [-0.1, -0.05) is 0 Å². The van der Waals surface area contributed by atoms with Crippen LogP contribution in [0.4, 0.5) is 0 Å². The van der Waals surface area contributed by atoms with Crippen molar-refractivity contribution in [3.63, 3.8) is 0 Å². The number of fused-ring (bicyclic) bond motifs is 1. The topological polar surface area (TPSA) is 62.0 Å². The van der Waals surface area contributed by atoms with Gasteiger partial charge in [0.25, 0.3) is 0 Å². The molecule has 12 heavy (non-hydrogen) atoms. The minimum Gasteiger partial charge on any atom is -0.363 e. The number of carbonyl (C=O) groups is 2. The van der Waals surface area contributed by atoms with Gasteiger partial charge < -0.3 is 10.3 Å². The number of hydrogen-bond acceptors (Lipinski definition) is 2. The first-order valence-corrected chi connectivity index (χ1v) is 3.72. The molecule has 4 nitrogen and oxygen atoms in total. The van der Waals surface area contributed by atoms with E-state index in [0.717, 1.165) is 17.5 Å². The lowest BCUT2D eigenvalue weighted by Crippen LogP contribution is -2.30. The van der Waals surface area contributed by atoms with Crippen molar-refractivity contribution in [1.29, 1.82) is 0 Å². The lowest BCUT2D eigenvalue weighted by molar-refractivity contribution is -0.121. The molecule has 4 heteroatoms. The summed E-state index contributed by atoms with van der Waals surface area (Å²) in [4.78, 5) is 24.4. The first-order valence-electron chi connectivity index (χ1n) is 3.72. The molecule has 62 valence electrons. The maximum atomic E-state index is 11.0. The van der Waals surface area contributed by atoms with E-state index in [1.807, 2.05) is 0 Å². The Morgan fingerprint density at radius 2 is 2.33 bits per heavy atom. The Morgan fingerprint density at radius 1 is 1.50 bits per heavy atom. The molecule has 0 atom stereocenters. The summed E-state index contributed by atoms with van der Waals surface area (Å²) < 4.78 is 0. The first-order chi connectivity index (χ1) is 5.81. The number of amides is 1. The molecule has 0 saturated heterocycles. The Bertz CT molecular complexity index is 341. The van der Waals surface area contributed by atoms with Crippen molar-refractivity contribution in [3.8, 4) is 0 Å². The Morgan fingerprint density at radius 3 is 3.08 bits per heavy atom. The van der Waals surface area contributed by atoms with E-state index in [1.54, 1.807) is 6.20 Å². The van der Waals surface area contributed by atoms with E-state index in [9.17, 15) is 9.59 Å². The zero-order valence-corrected chi connectivity index (χ0v) is 6.39. The van der Waals surface area contributed by atoms with E-state index in [1.165, 1.54) is 0 Å². The van der Waals surface area contributed by atoms with Crippen LogP contribution in [0.25, 0.3) is 0 Å². The van der Waals surface area contributed by atoms with Gasteiger partial charge in [-0.2, -0.15) is 0 Å². The summed E-state index contributed by atoms with van der Waals surface area (Å²) in [5.41, 5.74) is 2.38. The number of aromatic amines is 1. The quantitative estimate of drug-likeness (QED) is 0.574. The highest BCUT2D eigenvalue weighted by molar-refractivity contribution is 5.86. The first kappa shape index (κ1) is 7.09. The fraction of sp³-hybridized carbons (Fsp3) is 0.250. The molecule has 0 radical (unpaired) electrons. The highest BCUT2D eigenvalue weighted by Gasteiger charge is 2.18. The van der Waals surface area contributed by atoms with Crippen LogP contribution in [0.3, 0.4) is 0 Å². The van der Waals surface area contributed by atoms with E-state index in [0.29, 0.717) is 18.5 Å². The monoisotopic (exact) mass is 164 g/mol. The number of carbonyl (C=O) groups excluding carboxylic acids is 2. The molecule has 0 bridgehead atoms. The molecule has 0 spiro atoms. The standard InChI is InChI=1S/C8H8N2O2/c11-4-5-2-9-7-3-10-8(12)1-6(5)7/h2,4,9H,1,3H2,(H,10,12). The maximum Gasteiger partial charge on any atom is 0.224 e. The lowest BCUT2D eigenvalue weighted by Gasteiger charge is -2.12. The SMILES string of the molecule is O=Cc1c[nH]c2c1CC(=O)NC2. The number of aromatic nitrogens is 1. The van der Waals surface area contributed by atoms with Crippen molar-refractivity contribution < 1.29 is 9.59 Å². The van der Waals surface area contributed by atoms with E-state index in [-0.39, 0.29) is 5.91 Å². The molecule has 0 aliphatic carbocycles. The highest BCUT2D eigenvalue weighted by atomic mass is 16.1. The number of nitrogens with one attached hydrogen (secondary N) is 2. The van der Waals surface area contributed by atoms with Gasteiger partial charge in [0, 0.05) is 17.5 Å². The van der Waals surface area contributed by atoms with Gasteiger partial charge in [0.2, 0.25) is 5.91 Å². The van der Waals surface area contributed by atoms with Crippen LogP contribution in [0.2, 0.25) is 0 Å². The second-order valence-corrected chi connectivity index (χ2v) is 2.77. The molecule has 0 aromatic carbocycles. The van der Waals surface area contributed by atoms with Crippen molar-refractivity contribution >= 4 is 12.2 Å². The van der Waals surface area contributed by atoms with Gasteiger partial charge >= 0.3 is 0 Å². The predicted octanol–water partition coefficient (Wildman–Crippen LogP) is -0.000500.